The summed E-state index contributed by atoms with van der Waals surface area (Å²) in [4.78, 5) is 21.2. The van der Waals surface area contributed by atoms with Crippen LogP contribution in [0.15, 0.2) is 55.1 Å². The molecule has 0 saturated heterocycles. The molecule has 1 amide bonds. The number of carbonyl (C=O) groups excluding carboxylic acids is 1. The zero-order valence-electron chi connectivity index (χ0n) is 14.7. The van der Waals surface area contributed by atoms with Gasteiger partial charge in [-0.3, -0.25) is 0 Å². The van der Waals surface area contributed by atoms with Crippen molar-refractivity contribution in [1.82, 2.24) is 0 Å². The number of carboxylic acid groups (broad SMARTS) is 1. The van der Waals surface area contributed by atoms with Crippen LogP contribution in [0.2, 0.25) is 0 Å². The average Bonchev–Trinajstić information content (AvgIpc) is 2.61. The number of hydrogen-bond acceptors (Lipinski definition) is 5. The average molecular weight is 437 g/mol. The first-order valence-electron chi connectivity index (χ1n) is 7.60. The van der Waals surface area contributed by atoms with Crippen LogP contribution < -0.4 is 9.67 Å². The number of nitrogens with one attached hydrogen (secondary N) is 1. The molecule has 0 radical (unpaired) electrons. The maximum absolute atomic E-state index is 11.2. The van der Waals surface area contributed by atoms with Crippen molar-refractivity contribution in [2.24, 2.45) is 0 Å². The maximum atomic E-state index is 11.2. The standard InChI is InChI=1S/C10H10O2.C8H10AsNO5/c1-7-4-3-5-9(6-7)8(2)10(11)12;1-6(11)10-8-4-2-7(3-5-8)9(12,13)15-14/h3-6H,2H2,1H3,(H,11,12);2-5,14H,1H3,(H,10,11)(H,12,13). The molecule has 0 bridgehead atoms. The number of carbonyl (C=O) groups is 2. The number of benzene rings is 2. The zero-order valence-corrected chi connectivity index (χ0v) is 16.6. The quantitative estimate of drug-likeness (QED) is 0.243. The van der Waals surface area contributed by atoms with Crippen molar-refractivity contribution in [3.8, 4) is 0 Å². The molecular weight excluding hydrogens is 417 g/mol. The van der Waals surface area contributed by atoms with Crippen molar-refractivity contribution < 1.29 is 31.7 Å². The van der Waals surface area contributed by atoms with E-state index in [1.807, 2.05) is 19.1 Å². The Bertz CT molecular complexity index is 878. The first-order valence-corrected chi connectivity index (χ1v) is 10.9. The molecule has 4 N–H and O–H groups in total. The van der Waals surface area contributed by atoms with Crippen molar-refractivity contribution in [2.45, 2.75) is 13.8 Å². The van der Waals surface area contributed by atoms with Crippen LogP contribution in [0.1, 0.15) is 18.1 Å². The summed E-state index contributed by atoms with van der Waals surface area (Å²) in [6, 6.07) is 12.8. The molecule has 2 aromatic rings. The van der Waals surface area contributed by atoms with Gasteiger partial charge in [0.2, 0.25) is 0 Å². The number of aliphatic carboxylic acids is 1. The predicted octanol–water partition coefficient (Wildman–Crippen LogP) is 1.80. The zero-order chi connectivity index (χ0) is 20.6. The summed E-state index contributed by atoms with van der Waals surface area (Å²) >= 11 is -4.76. The number of amides is 1. The Balaban J connectivity index is 0.000000277. The number of anilines is 1. The molecule has 0 aliphatic heterocycles. The SMILES string of the molecule is C=C(C(=O)O)c1cccc(C)c1.CC(=O)Nc1ccc([As](=O)(O)OO)cc1. The van der Waals surface area contributed by atoms with Crippen LogP contribution in [0.3, 0.4) is 0 Å². The van der Waals surface area contributed by atoms with E-state index in [0.29, 0.717) is 11.3 Å². The molecule has 144 valence electrons. The molecule has 0 aromatic heterocycles. The second-order valence-corrected chi connectivity index (χ2v) is 9.09. The number of aryl methyl sites for hydroxylation is 1. The second-order valence-electron chi connectivity index (χ2n) is 5.48. The van der Waals surface area contributed by atoms with E-state index in [9.17, 15) is 13.3 Å². The third-order valence-corrected chi connectivity index (χ3v) is 5.71. The van der Waals surface area contributed by atoms with E-state index in [1.54, 1.807) is 12.1 Å². The van der Waals surface area contributed by atoms with E-state index in [4.69, 9.17) is 14.5 Å². The monoisotopic (exact) mass is 437 g/mol. The molecule has 0 heterocycles. The van der Waals surface area contributed by atoms with E-state index in [2.05, 4.69) is 15.8 Å². The molecule has 0 fully saturated rings. The molecule has 0 saturated carbocycles. The first-order chi connectivity index (χ1) is 12.6. The summed E-state index contributed by atoms with van der Waals surface area (Å²) in [7, 11) is 0. The van der Waals surface area contributed by atoms with Gasteiger partial charge in [0.25, 0.3) is 0 Å². The topological polar surface area (TPSA) is 133 Å². The van der Waals surface area contributed by atoms with E-state index < -0.39 is 20.1 Å². The van der Waals surface area contributed by atoms with Crippen molar-refractivity contribution >= 4 is 41.7 Å². The number of carboxylic acids is 1. The van der Waals surface area contributed by atoms with Gasteiger partial charge in [-0.25, -0.2) is 4.79 Å². The Morgan fingerprint density at radius 3 is 2.19 bits per heavy atom. The minimum atomic E-state index is -4.76. The van der Waals surface area contributed by atoms with E-state index in [-0.39, 0.29) is 15.8 Å². The number of rotatable bonds is 5. The molecule has 0 aliphatic rings. The van der Waals surface area contributed by atoms with Gasteiger partial charge in [-0.2, -0.15) is 0 Å². The number of hydrogen-bond donors (Lipinski definition) is 4. The summed E-state index contributed by atoms with van der Waals surface area (Å²) in [5.74, 6) is -1.21. The summed E-state index contributed by atoms with van der Waals surface area (Å²) in [6.07, 6.45) is 0. The molecule has 1 unspecified atom stereocenters. The van der Waals surface area contributed by atoms with Gasteiger partial charge in [0.05, 0.1) is 5.57 Å². The molecule has 2 aromatic carbocycles. The van der Waals surface area contributed by atoms with Crippen molar-refractivity contribution in [1.29, 1.82) is 0 Å². The van der Waals surface area contributed by atoms with Gasteiger partial charge in [-0.15, -0.1) is 0 Å². The Morgan fingerprint density at radius 1 is 1.15 bits per heavy atom. The van der Waals surface area contributed by atoms with Gasteiger partial charge >= 0.3 is 94.4 Å². The van der Waals surface area contributed by atoms with Gasteiger partial charge in [0, 0.05) is 0 Å². The van der Waals surface area contributed by atoms with Crippen molar-refractivity contribution in [3.63, 3.8) is 0 Å². The third-order valence-electron chi connectivity index (χ3n) is 3.25. The Kier molecular flexibility index (Phi) is 8.21. The fraction of sp³-hybridized carbons (Fsp3) is 0.111. The van der Waals surface area contributed by atoms with Crippen LogP contribution in [-0.4, -0.2) is 40.5 Å². The van der Waals surface area contributed by atoms with E-state index >= 15 is 0 Å². The van der Waals surface area contributed by atoms with Crippen LogP contribution in [0.4, 0.5) is 5.69 Å². The predicted molar refractivity (Wildman–Crippen MR) is 101 cm³/mol. The molecule has 2 rings (SSSR count). The molecular formula is C18H20AsNO7. The fourth-order valence-corrected chi connectivity index (χ4v) is 3.24. The normalized spacial score (nSPS) is 12.1. The van der Waals surface area contributed by atoms with E-state index in [1.165, 1.54) is 31.2 Å². The van der Waals surface area contributed by atoms with Gasteiger partial charge in [0.1, 0.15) is 0 Å². The first kappa shape index (κ1) is 22.4. The third kappa shape index (κ3) is 7.24. The van der Waals surface area contributed by atoms with Crippen LogP contribution in [0, 0.1) is 6.92 Å². The summed E-state index contributed by atoms with van der Waals surface area (Å²) in [5, 5.41) is 19.3. The van der Waals surface area contributed by atoms with Crippen LogP contribution in [-0.2, 0) is 17.2 Å². The molecule has 1 atom stereocenters. The molecule has 0 aliphatic carbocycles. The van der Waals surface area contributed by atoms with Crippen LogP contribution in [0.25, 0.3) is 5.57 Å². The minimum absolute atomic E-state index is 0.00438. The van der Waals surface area contributed by atoms with Crippen LogP contribution >= 0.6 is 0 Å². The fourth-order valence-electron chi connectivity index (χ4n) is 1.94. The summed E-state index contributed by atoms with van der Waals surface area (Å²) in [5.41, 5.74) is 2.34. The van der Waals surface area contributed by atoms with E-state index in [0.717, 1.165) is 5.56 Å². The molecule has 0 spiro atoms. The summed E-state index contributed by atoms with van der Waals surface area (Å²) in [6.45, 7) is 6.73. The molecule has 8 nitrogen and oxygen atoms in total. The Morgan fingerprint density at radius 2 is 1.74 bits per heavy atom. The van der Waals surface area contributed by atoms with Gasteiger partial charge in [-0.1, -0.05) is 36.4 Å². The Labute approximate surface area is 159 Å². The second kappa shape index (κ2) is 9.89. The molecule has 27 heavy (non-hydrogen) atoms. The van der Waals surface area contributed by atoms with Gasteiger partial charge in [0.15, 0.2) is 0 Å². The van der Waals surface area contributed by atoms with Crippen molar-refractivity contribution in [3.05, 3.63) is 66.2 Å². The van der Waals surface area contributed by atoms with Gasteiger partial charge in [-0.05, 0) is 12.5 Å². The van der Waals surface area contributed by atoms with Gasteiger partial charge < -0.3 is 5.11 Å². The molecule has 9 heteroatoms. The van der Waals surface area contributed by atoms with Crippen LogP contribution in [0.5, 0.6) is 0 Å². The van der Waals surface area contributed by atoms with Crippen molar-refractivity contribution in [2.75, 3.05) is 5.32 Å². The summed E-state index contributed by atoms with van der Waals surface area (Å²) < 4.78 is 23.8. The Hall–Kier alpha value is -2.64.